The number of halogens is 1. The summed E-state index contributed by atoms with van der Waals surface area (Å²) < 4.78 is 5.70. The monoisotopic (exact) mass is 297 g/mol. The van der Waals surface area contributed by atoms with Crippen molar-refractivity contribution in [1.82, 2.24) is 4.90 Å². The summed E-state index contributed by atoms with van der Waals surface area (Å²) in [7, 11) is 1.81. The van der Waals surface area contributed by atoms with Gasteiger partial charge in [0, 0.05) is 19.3 Å². The minimum atomic E-state index is 0.152. The largest absolute Gasteiger partial charge is 0.492 e. The molecule has 0 atom stereocenters. The van der Waals surface area contributed by atoms with E-state index in [1.165, 1.54) is 11.1 Å². The van der Waals surface area contributed by atoms with Crippen molar-refractivity contribution in [3.8, 4) is 5.75 Å². The van der Waals surface area contributed by atoms with Crippen LogP contribution in [0.15, 0.2) is 18.2 Å². The Kier molecular flexibility index (Phi) is 7.45. The number of nitrogens with zero attached hydrogens (tertiary/aromatic N) is 1. The lowest BCUT2D eigenvalue weighted by molar-refractivity contribution is -0.130. The van der Waals surface area contributed by atoms with E-state index >= 15 is 0 Å². The second-order valence-electron chi connectivity index (χ2n) is 5.13. The van der Waals surface area contributed by atoms with Gasteiger partial charge in [-0.05, 0) is 49.9 Å². The van der Waals surface area contributed by atoms with E-state index in [4.69, 9.17) is 16.3 Å². The zero-order valence-electron chi connectivity index (χ0n) is 12.6. The van der Waals surface area contributed by atoms with Gasteiger partial charge in [-0.25, -0.2) is 0 Å². The van der Waals surface area contributed by atoms with E-state index in [0.29, 0.717) is 25.5 Å². The standard InChI is InChI=1S/C16H24ClNO2/c1-13-10-14(2)12-15(11-13)20-9-8-18(3)16(19)6-4-5-7-17/h10-12H,4-9H2,1-3H3. The number of unbranched alkanes of at least 4 members (excludes halogenated alkanes) is 1. The van der Waals surface area contributed by atoms with Gasteiger partial charge in [-0.2, -0.15) is 0 Å². The molecule has 1 amide bonds. The zero-order valence-corrected chi connectivity index (χ0v) is 13.4. The summed E-state index contributed by atoms with van der Waals surface area (Å²) in [5.74, 6) is 1.64. The number of amides is 1. The number of rotatable bonds is 8. The number of carbonyl (C=O) groups excluding carboxylic acids is 1. The third kappa shape index (κ3) is 6.29. The Morgan fingerprint density at radius 1 is 1.20 bits per heavy atom. The Morgan fingerprint density at radius 3 is 2.45 bits per heavy atom. The van der Waals surface area contributed by atoms with Gasteiger partial charge in [-0.1, -0.05) is 6.07 Å². The zero-order chi connectivity index (χ0) is 15.0. The molecular formula is C16H24ClNO2. The van der Waals surface area contributed by atoms with Gasteiger partial charge in [0.25, 0.3) is 0 Å². The van der Waals surface area contributed by atoms with Crippen LogP contribution in [0.4, 0.5) is 0 Å². The summed E-state index contributed by atoms with van der Waals surface area (Å²) in [6.07, 6.45) is 2.30. The first-order valence-electron chi connectivity index (χ1n) is 7.04. The number of ether oxygens (including phenoxy) is 1. The van der Waals surface area contributed by atoms with E-state index in [2.05, 4.69) is 6.07 Å². The average Bonchev–Trinajstić information content (AvgIpc) is 2.37. The van der Waals surface area contributed by atoms with Gasteiger partial charge in [0.1, 0.15) is 12.4 Å². The lowest BCUT2D eigenvalue weighted by atomic mass is 10.1. The maximum Gasteiger partial charge on any atom is 0.222 e. The summed E-state index contributed by atoms with van der Waals surface area (Å²) in [5, 5.41) is 0. The number of likely N-dealkylation sites (N-methyl/N-ethyl adjacent to an activating group) is 1. The van der Waals surface area contributed by atoms with E-state index in [1.807, 2.05) is 33.0 Å². The van der Waals surface area contributed by atoms with Gasteiger partial charge in [0.15, 0.2) is 0 Å². The Labute approximate surface area is 126 Å². The quantitative estimate of drug-likeness (QED) is 0.542. The van der Waals surface area contributed by atoms with Crippen LogP contribution in [0.5, 0.6) is 5.75 Å². The molecule has 112 valence electrons. The van der Waals surface area contributed by atoms with Crippen LogP contribution in [-0.2, 0) is 4.79 Å². The van der Waals surface area contributed by atoms with Crippen molar-refractivity contribution in [2.45, 2.75) is 33.1 Å². The summed E-state index contributed by atoms with van der Waals surface area (Å²) in [5.41, 5.74) is 2.37. The summed E-state index contributed by atoms with van der Waals surface area (Å²) in [4.78, 5) is 13.5. The molecular weight excluding hydrogens is 274 g/mol. The van der Waals surface area contributed by atoms with E-state index in [1.54, 1.807) is 4.90 Å². The van der Waals surface area contributed by atoms with E-state index < -0.39 is 0 Å². The molecule has 0 spiro atoms. The van der Waals surface area contributed by atoms with E-state index in [0.717, 1.165) is 18.6 Å². The van der Waals surface area contributed by atoms with E-state index in [-0.39, 0.29) is 5.91 Å². The first-order valence-corrected chi connectivity index (χ1v) is 7.57. The molecule has 0 aliphatic heterocycles. The van der Waals surface area contributed by atoms with Gasteiger partial charge >= 0.3 is 0 Å². The molecule has 0 fully saturated rings. The van der Waals surface area contributed by atoms with Gasteiger partial charge in [0.2, 0.25) is 5.91 Å². The predicted octanol–water partition coefficient (Wildman–Crippen LogP) is 3.55. The maximum atomic E-state index is 11.8. The fourth-order valence-electron chi connectivity index (χ4n) is 2.00. The van der Waals surface area contributed by atoms with Crippen molar-refractivity contribution in [1.29, 1.82) is 0 Å². The van der Waals surface area contributed by atoms with Crippen LogP contribution in [0.2, 0.25) is 0 Å². The normalized spacial score (nSPS) is 10.4. The van der Waals surface area contributed by atoms with Crippen LogP contribution in [0.1, 0.15) is 30.4 Å². The van der Waals surface area contributed by atoms with Crippen LogP contribution in [0, 0.1) is 13.8 Å². The molecule has 0 saturated heterocycles. The molecule has 0 unspecified atom stereocenters. The molecule has 1 aromatic rings. The molecule has 0 heterocycles. The van der Waals surface area contributed by atoms with Crippen LogP contribution >= 0.6 is 11.6 Å². The molecule has 20 heavy (non-hydrogen) atoms. The molecule has 1 aromatic carbocycles. The van der Waals surface area contributed by atoms with Crippen LogP contribution in [-0.4, -0.2) is 36.9 Å². The second-order valence-corrected chi connectivity index (χ2v) is 5.51. The lowest BCUT2D eigenvalue weighted by Gasteiger charge is -2.17. The highest BCUT2D eigenvalue weighted by atomic mass is 35.5. The van der Waals surface area contributed by atoms with Crippen LogP contribution in [0.25, 0.3) is 0 Å². The third-order valence-corrected chi connectivity index (χ3v) is 3.36. The predicted molar refractivity (Wildman–Crippen MR) is 83.6 cm³/mol. The Hall–Kier alpha value is -1.22. The molecule has 0 N–H and O–H groups in total. The van der Waals surface area contributed by atoms with Crippen molar-refractivity contribution in [3.63, 3.8) is 0 Å². The lowest BCUT2D eigenvalue weighted by Crippen LogP contribution is -2.30. The molecule has 0 aromatic heterocycles. The van der Waals surface area contributed by atoms with Crippen molar-refractivity contribution in [2.75, 3.05) is 26.1 Å². The number of hydrogen-bond acceptors (Lipinski definition) is 2. The highest BCUT2D eigenvalue weighted by Crippen LogP contribution is 2.16. The first-order chi connectivity index (χ1) is 9.52. The molecule has 1 rings (SSSR count). The molecule has 0 saturated carbocycles. The fraction of sp³-hybridized carbons (Fsp3) is 0.562. The number of hydrogen-bond donors (Lipinski definition) is 0. The molecule has 0 bridgehead atoms. The fourth-order valence-corrected chi connectivity index (χ4v) is 2.19. The van der Waals surface area contributed by atoms with Crippen LogP contribution in [0.3, 0.4) is 0 Å². The number of aryl methyl sites for hydroxylation is 2. The highest BCUT2D eigenvalue weighted by Gasteiger charge is 2.08. The smallest absolute Gasteiger partial charge is 0.222 e. The molecule has 0 aliphatic rings. The number of carbonyl (C=O) groups is 1. The summed E-state index contributed by atoms with van der Waals surface area (Å²) >= 11 is 5.60. The second kappa shape index (κ2) is 8.85. The SMILES string of the molecule is Cc1cc(C)cc(OCCN(C)C(=O)CCCCCl)c1. The molecule has 0 aliphatic carbocycles. The third-order valence-electron chi connectivity index (χ3n) is 3.09. The van der Waals surface area contributed by atoms with Crippen molar-refractivity contribution in [2.24, 2.45) is 0 Å². The van der Waals surface area contributed by atoms with Crippen molar-refractivity contribution >= 4 is 17.5 Å². The van der Waals surface area contributed by atoms with Gasteiger partial charge in [0.05, 0.1) is 6.54 Å². The minimum absolute atomic E-state index is 0.152. The molecule has 3 nitrogen and oxygen atoms in total. The van der Waals surface area contributed by atoms with E-state index in [9.17, 15) is 4.79 Å². The molecule has 0 radical (unpaired) electrons. The maximum absolute atomic E-state index is 11.8. The Bertz CT molecular complexity index is 414. The Morgan fingerprint density at radius 2 is 1.85 bits per heavy atom. The van der Waals surface area contributed by atoms with Gasteiger partial charge in [-0.15, -0.1) is 11.6 Å². The highest BCUT2D eigenvalue weighted by molar-refractivity contribution is 6.17. The first kappa shape index (κ1) is 16.8. The van der Waals surface area contributed by atoms with Crippen molar-refractivity contribution in [3.05, 3.63) is 29.3 Å². The van der Waals surface area contributed by atoms with Crippen LogP contribution < -0.4 is 4.74 Å². The Balaban J connectivity index is 2.30. The summed E-state index contributed by atoms with van der Waals surface area (Å²) in [6, 6.07) is 6.13. The number of alkyl halides is 1. The van der Waals surface area contributed by atoms with Gasteiger partial charge in [-0.3, -0.25) is 4.79 Å². The average molecular weight is 298 g/mol. The summed E-state index contributed by atoms with van der Waals surface area (Å²) in [6.45, 7) is 5.21. The number of benzene rings is 1. The van der Waals surface area contributed by atoms with Gasteiger partial charge < -0.3 is 9.64 Å². The topological polar surface area (TPSA) is 29.5 Å². The minimum Gasteiger partial charge on any atom is -0.492 e. The van der Waals surface area contributed by atoms with Crippen molar-refractivity contribution < 1.29 is 9.53 Å². The molecule has 4 heteroatoms.